The summed E-state index contributed by atoms with van der Waals surface area (Å²) in [6, 6.07) is 14.6. The van der Waals surface area contributed by atoms with E-state index >= 15 is 0 Å². The molecule has 2 aromatic carbocycles. The zero-order valence-corrected chi connectivity index (χ0v) is 25.7. The molecule has 2 aliphatic heterocycles. The minimum absolute atomic E-state index is 0.260. The SMILES string of the molecule is C=CC(=O)Nc1cc(Nc2ncc(C#CC)c(-c3cn(C4CC4)c4ccccc34)n2)c(OC)cc1N1CC2CC1CN2C1CC1. The van der Waals surface area contributed by atoms with E-state index in [1.807, 2.05) is 19.1 Å². The molecule has 228 valence electrons. The molecule has 1 amide bonds. The van der Waals surface area contributed by atoms with E-state index < -0.39 is 0 Å². The molecule has 2 unspecified atom stereocenters. The van der Waals surface area contributed by atoms with Gasteiger partial charge in [-0.2, -0.15) is 0 Å². The Morgan fingerprint density at radius 1 is 1.07 bits per heavy atom. The Kier molecular flexibility index (Phi) is 6.76. The number of methoxy groups -OCH3 is 1. The van der Waals surface area contributed by atoms with Gasteiger partial charge in [-0.25, -0.2) is 9.97 Å². The van der Waals surface area contributed by atoms with Gasteiger partial charge in [0.1, 0.15) is 5.75 Å². The van der Waals surface area contributed by atoms with Gasteiger partial charge in [0, 0.05) is 72.2 Å². The summed E-state index contributed by atoms with van der Waals surface area (Å²) in [5.74, 6) is 7.04. The lowest BCUT2D eigenvalue weighted by Crippen LogP contribution is -2.47. The summed E-state index contributed by atoms with van der Waals surface area (Å²) in [5.41, 5.74) is 6.10. The van der Waals surface area contributed by atoms with Gasteiger partial charge < -0.3 is 24.8 Å². The number of benzene rings is 2. The molecule has 2 N–H and O–H groups in total. The van der Waals surface area contributed by atoms with Crippen LogP contribution in [0.25, 0.3) is 22.2 Å². The molecule has 2 saturated heterocycles. The topological polar surface area (TPSA) is 87.5 Å². The van der Waals surface area contributed by atoms with Gasteiger partial charge in [0.25, 0.3) is 0 Å². The standard InChI is InChI=1S/C36H37N7O2/c1-4-8-22-18-37-36(40-35(22)28-21-43(24-13-14-24)31-10-7-6-9-27(28)31)39-30-16-29(38-34(44)5-2)32(17-33(30)45-3)42-20-25-15-26(42)19-41(25)23-11-12-23/h5-7,9-10,16-18,21,23-26H,2,11-15,19-20H2,1,3H3,(H,38,44)(H,37,39,40). The maximum Gasteiger partial charge on any atom is 0.247 e. The lowest BCUT2D eigenvalue weighted by molar-refractivity contribution is -0.111. The number of rotatable bonds is 9. The van der Waals surface area contributed by atoms with Crippen molar-refractivity contribution in [3.05, 3.63) is 67.0 Å². The van der Waals surface area contributed by atoms with Crippen LogP contribution in [0.5, 0.6) is 5.75 Å². The third-order valence-corrected chi connectivity index (χ3v) is 9.60. The predicted octanol–water partition coefficient (Wildman–Crippen LogP) is 6.11. The molecule has 4 aromatic rings. The van der Waals surface area contributed by atoms with Crippen molar-refractivity contribution in [2.45, 2.75) is 63.2 Å². The summed E-state index contributed by atoms with van der Waals surface area (Å²) < 4.78 is 8.28. The second kappa shape index (κ2) is 11.0. The van der Waals surface area contributed by atoms with Crippen molar-refractivity contribution in [2.75, 3.05) is 35.7 Å². The van der Waals surface area contributed by atoms with E-state index in [-0.39, 0.29) is 5.91 Å². The molecule has 0 radical (unpaired) electrons. The van der Waals surface area contributed by atoms with Crippen molar-refractivity contribution in [3.63, 3.8) is 0 Å². The highest BCUT2D eigenvalue weighted by atomic mass is 16.5. The Balaban J connectivity index is 1.17. The first kappa shape index (κ1) is 27.7. The molecule has 8 rings (SSSR count). The Labute approximate surface area is 263 Å². The van der Waals surface area contributed by atoms with Crippen molar-refractivity contribution < 1.29 is 9.53 Å². The number of ether oxygens (including phenoxy) is 1. The smallest absolute Gasteiger partial charge is 0.247 e. The second-order valence-electron chi connectivity index (χ2n) is 12.5. The Bertz CT molecular complexity index is 1890. The van der Waals surface area contributed by atoms with Crippen molar-refractivity contribution in [1.29, 1.82) is 0 Å². The van der Waals surface area contributed by atoms with Crippen molar-refractivity contribution >= 4 is 39.8 Å². The van der Waals surface area contributed by atoms with Crippen LogP contribution in [0.2, 0.25) is 0 Å². The number of para-hydroxylation sites is 1. The number of anilines is 4. The zero-order chi connectivity index (χ0) is 30.7. The molecule has 4 aliphatic rings. The van der Waals surface area contributed by atoms with Crippen molar-refractivity contribution in [1.82, 2.24) is 19.4 Å². The van der Waals surface area contributed by atoms with E-state index in [4.69, 9.17) is 9.72 Å². The van der Waals surface area contributed by atoms with Crippen LogP contribution >= 0.6 is 0 Å². The van der Waals surface area contributed by atoms with Gasteiger partial charge in [0.05, 0.1) is 35.4 Å². The van der Waals surface area contributed by atoms with Crippen LogP contribution in [0.15, 0.2) is 61.4 Å². The molecule has 2 atom stereocenters. The van der Waals surface area contributed by atoms with E-state index in [1.165, 1.54) is 37.3 Å². The molecular formula is C36H37N7O2. The first-order chi connectivity index (χ1) is 22.0. The van der Waals surface area contributed by atoms with Gasteiger partial charge in [-0.3, -0.25) is 9.69 Å². The molecule has 45 heavy (non-hydrogen) atoms. The molecule has 0 spiro atoms. The number of likely N-dealkylation sites (tertiary alicyclic amines) is 1. The van der Waals surface area contributed by atoms with Gasteiger partial charge in [-0.1, -0.05) is 30.7 Å². The first-order valence-corrected chi connectivity index (χ1v) is 15.9. The lowest BCUT2D eigenvalue weighted by Gasteiger charge is -2.37. The zero-order valence-electron chi connectivity index (χ0n) is 25.7. The number of hydrogen-bond donors (Lipinski definition) is 2. The average molecular weight is 600 g/mol. The van der Waals surface area contributed by atoms with E-state index in [1.54, 1.807) is 13.3 Å². The fraction of sp³-hybridized carbons (Fsp3) is 0.361. The third-order valence-electron chi connectivity index (χ3n) is 9.60. The van der Waals surface area contributed by atoms with Gasteiger partial charge in [-0.05, 0) is 57.2 Å². The number of nitrogens with one attached hydrogen (secondary N) is 2. The second-order valence-corrected chi connectivity index (χ2v) is 12.5. The Hall–Kier alpha value is -4.81. The number of hydrogen-bond acceptors (Lipinski definition) is 7. The van der Waals surface area contributed by atoms with Crippen LogP contribution in [0.1, 0.15) is 50.6 Å². The number of amides is 1. The summed E-state index contributed by atoms with van der Waals surface area (Å²) in [6.07, 6.45) is 11.4. The van der Waals surface area contributed by atoms with Crippen LogP contribution in [0.3, 0.4) is 0 Å². The summed E-state index contributed by atoms with van der Waals surface area (Å²) in [7, 11) is 1.66. The van der Waals surface area contributed by atoms with E-state index in [2.05, 4.69) is 78.9 Å². The Morgan fingerprint density at radius 3 is 2.60 bits per heavy atom. The maximum atomic E-state index is 12.6. The number of aromatic nitrogens is 3. The van der Waals surface area contributed by atoms with Crippen molar-refractivity contribution in [3.8, 4) is 28.8 Å². The van der Waals surface area contributed by atoms with Gasteiger partial charge in [0.15, 0.2) is 0 Å². The Morgan fingerprint density at radius 2 is 1.89 bits per heavy atom. The largest absolute Gasteiger partial charge is 0.494 e. The summed E-state index contributed by atoms with van der Waals surface area (Å²) in [4.78, 5) is 27.4. The molecule has 2 saturated carbocycles. The number of carbonyl (C=O) groups is 1. The molecule has 4 fully saturated rings. The fourth-order valence-corrected chi connectivity index (χ4v) is 7.25. The van der Waals surface area contributed by atoms with Crippen LogP contribution in [0.4, 0.5) is 23.0 Å². The summed E-state index contributed by atoms with van der Waals surface area (Å²) in [6.45, 7) is 7.50. The maximum absolute atomic E-state index is 12.6. The lowest BCUT2D eigenvalue weighted by atomic mass is 10.1. The molecule has 4 heterocycles. The number of piperazine rings is 1. The van der Waals surface area contributed by atoms with E-state index in [9.17, 15) is 4.79 Å². The molecule has 2 aromatic heterocycles. The molecular weight excluding hydrogens is 562 g/mol. The molecule has 2 aliphatic carbocycles. The molecule has 9 nitrogen and oxygen atoms in total. The number of fused-ring (bicyclic) bond motifs is 3. The fourth-order valence-electron chi connectivity index (χ4n) is 7.25. The van der Waals surface area contributed by atoms with Crippen LogP contribution in [-0.4, -0.2) is 63.7 Å². The predicted molar refractivity (Wildman–Crippen MR) is 178 cm³/mol. The summed E-state index contributed by atoms with van der Waals surface area (Å²) in [5, 5.41) is 7.60. The van der Waals surface area contributed by atoms with Crippen molar-refractivity contribution in [2.24, 2.45) is 0 Å². The van der Waals surface area contributed by atoms with Gasteiger partial charge >= 0.3 is 0 Å². The minimum atomic E-state index is -0.260. The van der Waals surface area contributed by atoms with Crippen LogP contribution < -0.4 is 20.3 Å². The van der Waals surface area contributed by atoms with E-state index in [0.717, 1.165) is 53.4 Å². The molecule has 2 bridgehead atoms. The minimum Gasteiger partial charge on any atom is -0.494 e. The van der Waals surface area contributed by atoms with Gasteiger partial charge in [-0.15, -0.1) is 5.92 Å². The van der Waals surface area contributed by atoms with E-state index in [0.29, 0.717) is 41.2 Å². The quantitative estimate of drug-likeness (QED) is 0.177. The molecule has 9 heteroatoms. The average Bonchev–Trinajstić information content (AvgIpc) is 3.98. The van der Waals surface area contributed by atoms with Crippen LogP contribution in [0, 0.1) is 11.8 Å². The monoisotopic (exact) mass is 599 g/mol. The number of nitrogens with zero attached hydrogens (tertiary/aromatic N) is 5. The summed E-state index contributed by atoms with van der Waals surface area (Å²) >= 11 is 0. The first-order valence-electron chi connectivity index (χ1n) is 15.9. The normalized spacial score (nSPS) is 20.6. The highest BCUT2D eigenvalue weighted by Gasteiger charge is 2.48. The number of carbonyl (C=O) groups excluding carboxylic acids is 1. The van der Waals surface area contributed by atoms with Gasteiger partial charge in [0.2, 0.25) is 11.9 Å². The van der Waals surface area contributed by atoms with Crippen LogP contribution in [-0.2, 0) is 4.79 Å². The highest BCUT2D eigenvalue weighted by molar-refractivity contribution is 6.02. The highest BCUT2D eigenvalue weighted by Crippen LogP contribution is 2.46. The third kappa shape index (κ3) is 4.99.